The van der Waals surface area contributed by atoms with Crippen molar-refractivity contribution in [3.8, 4) is 0 Å². The van der Waals surface area contributed by atoms with Crippen molar-refractivity contribution in [2.24, 2.45) is 0 Å². The summed E-state index contributed by atoms with van der Waals surface area (Å²) >= 11 is 0. The zero-order valence-corrected chi connectivity index (χ0v) is 11.9. The van der Waals surface area contributed by atoms with Crippen LogP contribution >= 0.6 is 0 Å². The molecule has 20 heavy (non-hydrogen) atoms. The summed E-state index contributed by atoms with van der Waals surface area (Å²) in [5.74, 6) is 0.396. The van der Waals surface area contributed by atoms with Gasteiger partial charge in [-0.05, 0) is 45.0 Å². The minimum atomic E-state index is -0.192. The molecule has 2 N–H and O–H groups in total. The Kier molecular flexibility index (Phi) is 4.30. The van der Waals surface area contributed by atoms with Crippen molar-refractivity contribution in [1.82, 2.24) is 9.97 Å². The SMILES string of the molecule is CCNc1ncccc1C(=O)Nc1ccc(C)nc1C. The molecular weight excluding hydrogens is 252 g/mol. The average molecular weight is 270 g/mol. The van der Waals surface area contributed by atoms with Crippen LogP contribution in [0.4, 0.5) is 11.5 Å². The van der Waals surface area contributed by atoms with Crippen molar-refractivity contribution in [3.63, 3.8) is 0 Å². The number of aromatic nitrogens is 2. The highest BCUT2D eigenvalue weighted by Gasteiger charge is 2.13. The molecule has 0 aromatic carbocycles. The Morgan fingerprint density at radius 3 is 2.75 bits per heavy atom. The third kappa shape index (κ3) is 3.12. The molecule has 0 atom stereocenters. The number of anilines is 2. The number of carbonyl (C=O) groups is 1. The second-order valence-corrected chi connectivity index (χ2v) is 4.47. The van der Waals surface area contributed by atoms with Crippen LogP contribution in [0.3, 0.4) is 0 Å². The fourth-order valence-corrected chi connectivity index (χ4v) is 1.91. The highest BCUT2D eigenvalue weighted by atomic mass is 16.1. The van der Waals surface area contributed by atoms with Crippen molar-refractivity contribution in [1.29, 1.82) is 0 Å². The first-order chi connectivity index (χ1) is 9.61. The van der Waals surface area contributed by atoms with Gasteiger partial charge in [-0.15, -0.1) is 0 Å². The van der Waals surface area contributed by atoms with Crippen molar-refractivity contribution in [3.05, 3.63) is 47.4 Å². The minimum Gasteiger partial charge on any atom is -0.370 e. The predicted molar refractivity (Wildman–Crippen MR) is 80.1 cm³/mol. The van der Waals surface area contributed by atoms with E-state index in [9.17, 15) is 4.79 Å². The van der Waals surface area contributed by atoms with Crippen LogP contribution in [0, 0.1) is 13.8 Å². The summed E-state index contributed by atoms with van der Waals surface area (Å²) in [5.41, 5.74) is 2.96. The molecule has 2 rings (SSSR count). The zero-order valence-electron chi connectivity index (χ0n) is 11.9. The van der Waals surface area contributed by atoms with E-state index in [1.165, 1.54) is 0 Å². The Balaban J connectivity index is 2.24. The number of nitrogens with one attached hydrogen (secondary N) is 2. The normalized spacial score (nSPS) is 10.2. The van der Waals surface area contributed by atoms with E-state index in [1.807, 2.05) is 32.9 Å². The van der Waals surface area contributed by atoms with Gasteiger partial charge >= 0.3 is 0 Å². The van der Waals surface area contributed by atoms with E-state index in [0.29, 0.717) is 23.6 Å². The van der Waals surface area contributed by atoms with E-state index >= 15 is 0 Å². The molecule has 5 heteroatoms. The van der Waals surface area contributed by atoms with Crippen molar-refractivity contribution < 1.29 is 4.79 Å². The van der Waals surface area contributed by atoms with Crippen LogP contribution in [0.25, 0.3) is 0 Å². The second kappa shape index (κ2) is 6.14. The van der Waals surface area contributed by atoms with Crippen LogP contribution in [0.5, 0.6) is 0 Å². The van der Waals surface area contributed by atoms with Crippen LogP contribution < -0.4 is 10.6 Å². The fraction of sp³-hybridized carbons (Fsp3) is 0.267. The third-order valence-electron chi connectivity index (χ3n) is 2.87. The average Bonchev–Trinajstić information content (AvgIpc) is 2.43. The summed E-state index contributed by atoms with van der Waals surface area (Å²) in [4.78, 5) is 20.8. The van der Waals surface area contributed by atoms with E-state index < -0.39 is 0 Å². The lowest BCUT2D eigenvalue weighted by Crippen LogP contribution is -2.16. The molecule has 0 fully saturated rings. The first kappa shape index (κ1) is 14.0. The third-order valence-corrected chi connectivity index (χ3v) is 2.87. The molecule has 0 aliphatic rings. The fourth-order valence-electron chi connectivity index (χ4n) is 1.91. The highest BCUT2D eigenvalue weighted by Crippen LogP contribution is 2.17. The van der Waals surface area contributed by atoms with Crippen LogP contribution in [0.2, 0.25) is 0 Å². The second-order valence-electron chi connectivity index (χ2n) is 4.47. The topological polar surface area (TPSA) is 66.9 Å². The van der Waals surface area contributed by atoms with Gasteiger partial charge in [0.15, 0.2) is 0 Å². The van der Waals surface area contributed by atoms with Gasteiger partial charge in [-0.1, -0.05) is 0 Å². The zero-order chi connectivity index (χ0) is 14.5. The van der Waals surface area contributed by atoms with Gasteiger partial charge in [0.05, 0.1) is 16.9 Å². The summed E-state index contributed by atoms with van der Waals surface area (Å²) in [6.07, 6.45) is 1.66. The summed E-state index contributed by atoms with van der Waals surface area (Å²) in [7, 11) is 0. The van der Waals surface area contributed by atoms with Crippen molar-refractivity contribution >= 4 is 17.4 Å². The Labute approximate surface area is 118 Å². The lowest BCUT2D eigenvalue weighted by atomic mass is 10.2. The molecule has 0 radical (unpaired) electrons. The first-order valence-electron chi connectivity index (χ1n) is 6.56. The van der Waals surface area contributed by atoms with Gasteiger partial charge in [-0.25, -0.2) is 4.98 Å². The molecule has 2 heterocycles. The Morgan fingerprint density at radius 2 is 2.05 bits per heavy atom. The number of aryl methyl sites for hydroxylation is 2. The molecule has 1 amide bonds. The van der Waals surface area contributed by atoms with Crippen LogP contribution in [-0.4, -0.2) is 22.4 Å². The first-order valence-corrected chi connectivity index (χ1v) is 6.56. The molecule has 0 aliphatic heterocycles. The van der Waals surface area contributed by atoms with E-state index in [-0.39, 0.29) is 5.91 Å². The van der Waals surface area contributed by atoms with Gasteiger partial charge in [-0.3, -0.25) is 9.78 Å². The van der Waals surface area contributed by atoms with Crippen LogP contribution in [0.15, 0.2) is 30.5 Å². The number of rotatable bonds is 4. The van der Waals surface area contributed by atoms with Crippen molar-refractivity contribution in [2.75, 3.05) is 17.2 Å². The number of nitrogens with zero attached hydrogens (tertiary/aromatic N) is 2. The Hall–Kier alpha value is -2.43. The molecule has 0 unspecified atom stereocenters. The lowest BCUT2D eigenvalue weighted by molar-refractivity contribution is 0.102. The number of pyridine rings is 2. The summed E-state index contributed by atoms with van der Waals surface area (Å²) < 4.78 is 0. The van der Waals surface area contributed by atoms with Gasteiger partial charge in [0.2, 0.25) is 0 Å². The van der Waals surface area contributed by atoms with Gasteiger partial charge < -0.3 is 10.6 Å². The molecule has 2 aromatic heterocycles. The van der Waals surface area contributed by atoms with E-state index in [1.54, 1.807) is 18.3 Å². The van der Waals surface area contributed by atoms with E-state index in [0.717, 1.165) is 11.4 Å². The van der Waals surface area contributed by atoms with Crippen molar-refractivity contribution in [2.45, 2.75) is 20.8 Å². The Morgan fingerprint density at radius 1 is 1.25 bits per heavy atom. The smallest absolute Gasteiger partial charge is 0.259 e. The molecule has 0 spiro atoms. The maximum atomic E-state index is 12.3. The van der Waals surface area contributed by atoms with E-state index in [4.69, 9.17) is 0 Å². The van der Waals surface area contributed by atoms with Gasteiger partial charge in [0.25, 0.3) is 5.91 Å². The standard InChI is InChI=1S/C15H18N4O/c1-4-16-14-12(6-5-9-17-14)15(20)19-13-8-7-10(2)18-11(13)3/h5-9H,4H2,1-3H3,(H,16,17)(H,19,20). The van der Waals surface area contributed by atoms with Gasteiger partial charge in [0.1, 0.15) is 5.82 Å². The largest absolute Gasteiger partial charge is 0.370 e. The highest BCUT2D eigenvalue weighted by molar-refractivity contribution is 6.07. The Bertz CT molecular complexity index is 625. The van der Waals surface area contributed by atoms with Gasteiger partial charge in [-0.2, -0.15) is 0 Å². The summed E-state index contributed by atoms with van der Waals surface area (Å²) in [6.45, 7) is 6.47. The number of hydrogen-bond donors (Lipinski definition) is 2. The predicted octanol–water partition coefficient (Wildman–Crippen LogP) is 2.78. The molecule has 0 saturated carbocycles. The summed E-state index contributed by atoms with van der Waals surface area (Å²) in [6, 6.07) is 7.23. The number of carbonyl (C=O) groups excluding carboxylic acids is 1. The van der Waals surface area contributed by atoms with Crippen LogP contribution in [0.1, 0.15) is 28.7 Å². The van der Waals surface area contributed by atoms with E-state index in [2.05, 4.69) is 20.6 Å². The molecule has 0 aliphatic carbocycles. The molecule has 104 valence electrons. The van der Waals surface area contributed by atoms with Gasteiger partial charge in [0, 0.05) is 18.4 Å². The maximum absolute atomic E-state index is 12.3. The summed E-state index contributed by atoms with van der Waals surface area (Å²) in [5, 5.41) is 5.95. The molecule has 2 aromatic rings. The minimum absolute atomic E-state index is 0.192. The molecule has 0 bridgehead atoms. The molecule has 0 saturated heterocycles. The number of hydrogen-bond acceptors (Lipinski definition) is 4. The maximum Gasteiger partial charge on any atom is 0.259 e. The quantitative estimate of drug-likeness (QED) is 0.896. The van der Waals surface area contributed by atoms with Crippen LogP contribution in [-0.2, 0) is 0 Å². The monoisotopic (exact) mass is 270 g/mol. The molecular formula is C15H18N4O. The number of amides is 1. The lowest BCUT2D eigenvalue weighted by Gasteiger charge is -2.11. The molecule has 5 nitrogen and oxygen atoms in total.